The summed E-state index contributed by atoms with van der Waals surface area (Å²) in [4.78, 5) is 19.5. The normalized spacial score (nSPS) is 13.6. The smallest absolute Gasteiger partial charge is 0.265 e. The number of carbonyl (C=O) groups excluding carboxylic acids is 1. The zero-order valence-electron chi connectivity index (χ0n) is 14.2. The van der Waals surface area contributed by atoms with E-state index in [-0.39, 0.29) is 5.91 Å². The van der Waals surface area contributed by atoms with Crippen LogP contribution in [0.4, 0.5) is 0 Å². The van der Waals surface area contributed by atoms with Gasteiger partial charge in [-0.2, -0.15) is 0 Å². The van der Waals surface area contributed by atoms with Crippen molar-refractivity contribution < 1.29 is 4.79 Å². The van der Waals surface area contributed by atoms with E-state index in [1.807, 2.05) is 25.2 Å². The van der Waals surface area contributed by atoms with Crippen LogP contribution in [0.15, 0.2) is 60.8 Å². The third-order valence-corrected chi connectivity index (χ3v) is 5.64. The van der Waals surface area contributed by atoms with Gasteiger partial charge in [-0.15, -0.1) is 11.3 Å². The number of amides is 1. The summed E-state index contributed by atoms with van der Waals surface area (Å²) in [6, 6.07) is 18.7. The summed E-state index contributed by atoms with van der Waals surface area (Å²) in [5.74, 6) is 0.652. The molecule has 0 bridgehead atoms. The summed E-state index contributed by atoms with van der Waals surface area (Å²) in [6.07, 6.45) is 4.16. The van der Waals surface area contributed by atoms with E-state index < -0.39 is 0 Å². The van der Waals surface area contributed by atoms with E-state index in [0.717, 1.165) is 15.4 Å². The number of thiazole rings is 1. The van der Waals surface area contributed by atoms with Crippen LogP contribution in [0.3, 0.4) is 0 Å². The van der Waals surface area contributed by atoms with Crippen LogP contribution in [0.2, 0.25) is 0 Å². The third-order valence-electron chi connectivity index (χ3n) is 4.49. The maximum absolute atomic E-state index is 12.6. The SMILES string of the molecule is CN(Cc1ccc(-c2ccccc2)cc1)C(=O)c1cnc(C2CC2)s1. The molecule has 0 radical (unpaired) electrons. The quantitative estimate of drug-likeness (QED) is 0.653. The summed E-state index contributed by atoms with van der Waals surface area (Å²) in [5, 5.41) is 1.11. The molecule has 126 valence electrons. The Labute approximate surface area is 152 Å². The fourth-order valence-electron chi connectivity index (χ4n) is 2.87. The fraction of sp³-hybridized carbons (Fsp3) is 0.238. The molecule has 0 unspecified atom stereocenters. The maximum atomic E-state index is 12.6. The average Bonchev–Trinajstić information content (AvgIpc) is 3.39. The van der Waals surface area contributed by atoms with Crippen LogP contribution in [-0.2, 0) is 6.54 Å². The highest BCUT2D eigenvalue weighted by atomic mass is 32.1. The van der Waals surface area contributed by atoms with E-state index in [9.17, 15) is 4.79 Å². The van der Waals surface area contributed by atoms with Crippen LogP contribution in [0.1, 0.15) is 39.0 Å². The molecule has 1 saturated carbocycles. The second-order valence-corrected chi connectivity index (χ2v) is 7.62. The van der Waals surface area contributed by atoms with Gasteiger partial charge in [0.15, 0.2) is 0 Å². The van der Waals surface area contributed by atoms with Gasteiger partial charge in [0.1, 0.15) is 4.88 Å². The van der Waals surface area contributed by atoms with Crippen molar-refractivity contribution >= 4 is 17.2 Å². The zero-order chi connectivity index (χ0) is 17.2. The predicted octanol–water partition coefficient (Wildman–Crippen LogP) is 4.96. The summed E-state index contributed by atoms with van der Waals surface area (Å²) < 4.78 is 0. The van der Waals surface area contributed by atoms with E-state index >= 15 is 0 Å². The van der Waals surface area contributed by atoms with Gasteiger partial charge in [-0.05, 0) is 29.5 Å². The molecule has 3 aromatic rings. The fourth-order valence-corrected chi connectivity index (χ4v) is 3.95. The molecule has 0 N–H and O–H groups in total. The highest BCUT2D eigenvalue weighted by Gasteiger charge is 2.28. The molecule has 0 saturated heterocycles. The Morgan fingerprint density at radius 3 is 2.44 bits per heavy atom. The zero-order valence-corrected chi connectivity index (χ0v) is 15.0. The van der Waals surface area contributed by atoms with Crippen molar-refractivity contribution in [2.24, 2.45) is 0 Å². The molecular formula is C21H20N2OS. The first-order chi connectivity index (χ1) is 12.2. The van der Waals surface area contributed by atoms with Crippen molar-refractivity contribution in [3.8, 4) is 11.1 Å². The minimum Gasteiger partial charge on any atom is -0.337 e. The first-order valence-corrected chi connectivity index (χ1v) is 9.38. The number of rotatable bonds is 5. The van der Waals surface area contributed by atoms with Gasteiger partial charge in [-0.25, -0.2) is 4.98 Å². The minimum atomic E-state index is 0.0523. The van der Waals surface area contributed by atoms with Crippen LogP contribution in [-0.4, -0.2) is 22.8 Å². The van der Waals surface area contributed by atoms with Gasteiger partial charge in [-0.1, -0.05) is 54.6 Å². The summed E-state index contributed by atoms with van der Waals surface area (Å²) >= 11 is 1.55. The van der Waals surface area contributed by atoms with Crippen LogP contribution in [0, 0.1) is 0 Å². The molecule has 1 heterocycles. The Hall–Kier alpha value is -2.46. The van der Waals surface area contributed by atoms with Crippen molar-refractivity contribution in [2.75, 3.05) is 7.05 Å². The maximum Gasteiger partial charge on any atom is 0.265 e. The van der Waals surface area contributed by atoms with Gasteiger partial charge in [0.25, 0.3) is 5.91 Å². The van der Waals surface area contributed by atoms with Gasteiger partial charge in [0, 0.05) is 19.5 Å². The average molecular weight is 348 g/mol. The van der Waals surface area contributed by atoms with Crippen molar-refractivity contribution in [3.63, 3.8) is 0 Å². The summed E-state index contributed by atoms with van der Waals surface area (Å²) in [6.45, 7) is 0.602. The summed E-state index contributed by atoms with van der Waals surface area (Å²) in [7, 11) is 1.85. The molecule has 25 heavy (non-hydrogen) atoms. The monoisotopic (exact) mass is 348 g/mol. The lowest BCUT2D eigenvalue weighted by atomic mass is 10.0. The van der Waals surface area contributed by atoms with Gasteiger partial charge < -0.3 is 4.90 Å². The van der Waals surface area contributed by atoms with Gasteiger partial charge in [0.2, 0.25) is 0 Å². The van der Waals surface area contributed by atoms with Crippen LogP contribution in [0.25, 0.3) is 11.1 Å². The Morgan fingerprint density at radius 1 is 1.08 bits per heavy atom. The molecular weight excluding hydrogens is 328 g/mol. The van der Waals surface area contributed by atoms with E-state index in [0.29, 0.717) is 12.5 Å². The summed E-state index contributed by atoms with van der Waals surface area (Å²) in [5.41, 5.74) is 3.52. The molecule has 1 aliphatic carbocycles. The lowest BCUT2D eigenvalue weighted by Gasteiger charge is -2.16. The van der Waals surface area contributed by atoms with Crippen LogP contribution in [0.5, 0.6) is 0 Å². The van der Waals surface area contributed by atoms with E-state index in [4.69, 9.17) is 0 Å². The van der Waals surface area contributed by atoms with Crippen LogP contribution >= 0.6 is 11.3 Å². The number of benzene rings is 2. The topological polar surface area (TPSA) is 33.2 Å². The molecule has 2 aromatic carbocycles. The second-order valence-electron chi connectivity index (χ2n) is 6.56. The van der Waals surface area contributed by atoms with Crippen molar-refractivity contribution in [3.05, 3.63) is 76.2 Å². The first kappa shape index (κ1) is 16.0. The van der Waals surface area contributed by atoms with E-state index in [1.165, 1.54) is 24.0 Å². The van der Waals surface area contributed by atoms with Crippen LogP contribution < -0.4 is 0 Å². The standard InChI is InChI=1S/C21H20N2OS/c1-23(21(24)19-13-22-20(25-19)18-11-12-18)14-15-7-9-17(10-8-15)16-5-3-2-4-6-16/h2-10,13,18H,11-12,14H2,1H3. The lowest BCUT2D eigenvalue weighted by molar-refractivity contribution is 0.0789. The molecule has 3 nitrogen and oxygen atoms in total. The number of carbonyl (C=O) groups is 1. The molecule has 4 heteroatoms. The molecule has 0 aliphatic heterocycles. The molecule has 1 amide bonds. The number of aromatic nitrogens is 1. The Morgan fingerprint density at radius 2 is 1.76 bits per heavy atom. The third kappa shape index (κ3) is 3.64. The molecule has 1 fully saturated rings. The van der Waals surface area contributed by atoms with Gasteiger partial charge in [-0.3, -0.25) is 4.79 Å². The van der Waals surface area contributed by atoms with Gasteiger partial charge in [0.05, 0.1) is 11.2 Å². The Kier molecular flexibility index (Phi) is 4.36. The Balaban J connectivity index is 1.42. The highest BCUT2D eigenvalue weighted by molar-refractivity contribution is 7.13. The second kappa shape index (κ2) is 6.81. The highest BCUT2D eigenvalue weighted by Crippen LogP contribution is 2.41. The molecule has 1 aromatic heterocycles. The van der Waals surface area contributed by atoms with E-state index in [2.05, 4.69) is 41.4 Å². The number of nitrogens with zero attached hydrogens (tertiary/aromatic N) is 2. The van der Waals surface area contributed by atoms with Crippen molar-refractivity contribution in [1.82, 2.24) is 9.88 Å². The number of hydrogen-bond acceptors (Lipinski definition) is 3. The lowest BCUT2D eigenvalue weighted by Crippen LogP contribution is -2.25. The number of hydrogen-bond donors (Lipinski definition) is 0. The Bertz CT molecular complexity index is 866. The van der Waals surface area contributed by atoms with E-state index in [1.54, 1.807) is 22.4 Å². The first-order valence-electron chi connectivity index (χ1n) is 8.56. The molecule has 4 rings (SSSR count). The molecule has 1 aliphatic rings. The largest absolute Gasteiger partial charge is 0.337 e. The van der Waals surface area contributed by atoms with Crippen molar-refractivity contribution in [2.45, 2.75) is 25.3 Å². The van der Waals surface area contributed by atoms with Crippen molar-refractivity contribution in [1.29, 1.82) is 0 Å². The predicted molar refractivity (Wildman–Crippen MR) is 102 cm³/mol. The molecule has 0 atom stereocenters. The minimum absolute atomic E-state index is 0.0523. The van der Waals surface area contributed by atoms with Gasteiger partial charge >= 0.3 is 0 Å². The molecule has 0 spiro atoms.